The van der Waals surface area contributed by atoms with Crippen molar-refractivity contribution in [2.24, 2.45) is 0 Å². The summed E-state index contributed by atoms with van der Waals surface area (Å²) in [5.41, 5.74) is -5.63. The number of hydrogen-bond donors (Lipinski definition) is 0. The summed E-state index contributed by atoms with van der Waals surface area (Å²) < 4.78 is 81.7. The predicted octanol–water partition coefficient (Wildman–Crippen LogP) is 2.78. The molecule has 0 fully saturated rings. The van der Waals surface area contributed by atoms with Crippen LogP contribution in [0.3, 0.4) is 0 Å². The van der Waals surface area contributed by atoms with E-state index in [0.29, 0.717) is 0 Å². The van der Waals surface area contributed by atoms with E-state index in [0.717, 1.165) is 31.2 Å². The molecule has 0 bridgehead atoms. The third kappa shape index (κ3) is 3.09. The standard InChI is InChI=1S/C10H10ClF3O4S2/c1-2-9(20(17,18)10(12,13)14)19(15,16)8-5-3-7(11)4-6-8/h3-6,9H,2H2,1H3. The van der Waals surface area contributed by atoms with Crippen molar-refractivity contribution < 1.29 is 30.0 Å². The van der Waals surface area contributed by atoms with Gasteiger partial charge in [-0.1, -0.05) is 18.5 Å². The van der Waals surface area contributed by atoms with Gasteiger partial charge in [-0.3, -0.25) is 0 Å². The van der Waals surface area contributed by atoms with Crippen molar-refractivity contribution in [3.63, 3.8) is 0 Å². The molecular weight excluding hydrogens is 341 g/mol. The molecule has 0 saturated carbocycles. The van der Waals surface area contributed by atoms with Gasteiger partial charge in [0.1, 0.15) is 0 Å². The van der Waals surface area contributed by atoms with Crippen LogP contribution in [0, 0.1) is 0 Å². The number of hydrogen-bond acceptors (Lipinski definition) is 4. The molecule has 20 heavy (non-hydrogen) atoms. The molecule has 0 saturated heterocycles. The molecule has 0 N–H and O–H groups in total. The molecule has 1 aromatic carbocycles. The largest absolute Gasteiger partial charge is 0.498 e. The molecule has 0 heterocycles. The van der Waals surface area contributed by atoms with Gasteiger partial charge >= 0.3 is 5.51 Å². The highest BCUT2D eigenvalue weighted by atomic mass is 35.5. The quantitative estimate of drug-likeness (QED) is 0.837. The smallest absolute Gasteiger partial charge is 0.222 e. The Morgan fingerprint density at radius 3 is 1.90 bits per heavy atom. The summed E-state index contributed by atoms with van der Waals surface area (Å²) in [5, 5.41) is 0.177. The van der Waals surface area contributed by atoms with Crippen LogP contribution in [0.4, 0.5) is 13.2 Å². The maximum absolute atomic E-state index is 12.5. The van der Waals surface area contributed by atoms with Crippen molar-refractivity contribution in [3.05, 3.63) is 29.3 Å². The highest BCUT2D eigenvalue weighted by Gasteiger charge is 2.54. The van der Waals surface area contributed by atoms with Crippen LogP contribution in [0.5, 0.6) is 0 Å². The van der Waals surface area contributed by atoms with E-state index in [2.05, 4.69) is 0 Å². The lowest BCUT2D eigenvalue weighted by atomic mass is 10.4. The van der Waals surface area contributed by atoms with Crippen LogP contribution < -0.4 is 0 Å². The normalized spacial score (nSPS) is 15.1. The van der Waals surface area contributed by atoms with E-state index >= 15 is 0 Å². The third-order valence-corrected chi connectivity index (χ3v) is 7.89. The van der Waals surface area contributed by atoms with E-state index in [-0.39, 0.29) is 5.02 Å². The first-order valence-electron chi connectivity index (χ1n) is 5.24. The SMILES string of the molecule is CCC(S(=O)(=O)c1ccc(Cl)cc1)S(=O)(=O)C(F)(F)F. The van der Waals surface area contributed by atoms with E-state index in [4.69, 9.17) is 11.6 Å². The fraction of sp³-hybridized carbons (Fsp3) is 0.400. The minimum absolute atomic E-state index is 0.177. The molecule has 0 aliphatic rings. The number of benzene rings is 1. The third-order valence-electron chi connectivity index (χ3n) is 2.49. The van der Waals surface area contributed by atoms with Gasteiger partial charge in [-0.2, -0.15) is 13.2 Å². The summed E-state index contributed by atoms with van der Waals surface area (Å²) in [6.07, 6.45) is -0.715. The number of sulfone groups is 2. The Kier molecular flexibility index (Phi) is 4.77. The van der Waals surface area contributed by atoms with Crippen LogP contribution in [-0.2, 0) is 19.7 Å². The van der Waals surface area contributed by atoms with E-state index < -0.39 is 41.1 Å². The summed E-state index contributed by atoms with van der Waals surface area (Å²) in [7, 11) is -10.5. The Labute approximate surface area is 119 Å². The van der Waals surface area contributed by atoms with Gasteiger partial charge in [-0.25, -0.2) is 16.8 Å². The van der Waals surface area contributed by atoms with Gasteiger partial charge in [0.25, 0.3) is 9.84 Å². The molecule has 1 atom stereocenters. The molecule has 114 valence electrons. The first-order valence-corrected chi connectivity index (χ1v) is 8.71. The van der Waals surface area contributed by atoms with Crippen molar-refractivity contribution in [3.8, 4) is 0 Å². The van der Waals surface area contributed by atoms with Crippen LogP contribution in [0.2, 0.25) is 5.02 Å². The zero-order valence-electron chi connectivity index (χ0n) is 10.1. The maximum Gasteiger partial charge on any atom is 0.498 e. The average molecular weight is 351 g/mol. The van der Waals surface area contributed by atoms with Crippen molar-refractivity contribution in [2.45, 2.75) is 28.3 Å². The van der Waals surface area contributed by atoms with Crippen molar-refractivity contribution in [2.75, 3.05) is 0 Å². The average Bonchev–Trinajstić information content (AvgIpc) is 2.28. The van der Waals surface area contributed by atoms with Gasteiger partial charge in [0.05, 0.1) is 4.90 Å². The second kappa shape index (κ2) is 5.53. The molecule has 10 heteroatoms. The van der Waals surface area contributed by atoms with E-state index in [1.807, 2.05) is 0 Å². The second-order valence-corrected chi connectivity index (χ2v) is 8.81. The molecular formula is C10H10ClF3O4S2. The summed E-state index contributed by atoms with van der Waals surface area (Å²) in [4.78, 5) is -0.526. The van der Waals surface area contributed by atoms with E-state index in [9.17, 15) is 30.0 Å². The molecule has 4 nitrogen and oxygen atoms in total. The van der Waals surface area contributed by atoms with Crippen LogP contribution in [0.25, 0.3) is 0 Å². The van der Waals surface area contributed by atoms with Crippen LogP contribution in [-0.4, -0.2) is 26.9 Å². The lowest BCUT2D eigenvalue weighted by Gasteiger charge is -2.18. The van der Waals surface area contributed by atoms with Gasteiger partial charge in [-0.05, 0) is 30.7 Å². The van der Waals surface area contributed by atoms with Crippen molar-refractivity contribution in [1.82, 2.24) is 0 Å². The van der Waals surface area contributed by atoms with Gasteiger partial charge in [0, 0.05) is 5.02 Å². The molecule has 1 aromatic rings. The zero-order chi connectivity index (χ0) is 15.8. The molecule has 0 radical (unpaired) electrons. The second-order valence-electron chi connectivity index (χ2n) is 3.83. The van der Waals surface area contributed by atoms with Crippen LogP contribution in [0.15, 0.2) is 29.2 Å². The van der Waals surface area contributed by atoms with Gasteiger partial charge in [0.15, 0.2) is 14.4 Å². The molecule has 0 spiro atoms. The van der Waals surface area contributed by atoms with Crippen molar-refractivity contribution >= 4 is 31.3 Å². The van der Waals surface area contributed by atoms with Crippen molar-refractivity contribution in [1.29, 1.82) is 0 Å². The zero-order valence-corrected chi connectivity index (χ0v) is 12.4. The Morgan fingerprint density at radius 2 is 1.55 bits per heavy atom. The molecule has 1 rings (SSSR count). The Bertz CT molecular complexity index is 678. The summed E-state index contributed by atoms with van der Waals surface area (Å²) in [6.45, 7) is 1.06. The Morgan fingerprint density at radius 1 is 1.10 bits per heavy atom. The van der Waals surface area contributed by atoms with Crippen LogP contribution >= 0.6 is 11.6 Å². The molecule has 1 unspecified atom stereocenters. The number of halogens is 4. The highest BCUT2D eigenvalue weighted by molar-refractivity contribution is 8.09. The summed E-state index contributed by atoms with van der Waals surface area (Å²) in [5.74, 6) is 0. The fourth-order valence-electron chi connectivity index (χ4n) is 1.53. The van der Waals surface area contributed by atoms with Crippen LogP contribution in [0.1, 0.15) is 13.3 Å². The minimum atomic E-state index is -5.83. The highest BCUT2D eigenvalue weighted by Crippen LogP contribution is 2.34. The Balaban J connectivity index is 3.42. The molecule has 0 aliphatic carbocycles. The monoisotopic (exact) mass is 350 g/mol. The lowest BCUT2D eigenvalue weighted by Crippen LogP contribution is -2.39. The van der Waals surface area contributed by atoms with Gasteiger partial charge in [-0.15, -0.1) is 0 Å². The maximum atomic E-state index is 12.5. The molecule has 0 aromatic heterocycles. The van der Waals surface area contributed by atoms with E-state index in [1.165, 1.54) is 0 Å². The molecule has 0 amide bonds. The number of alkyl halides is 3. The minimum Gasteiger partial charge on any atom is -0.222 e. The Hall–Kier alpha value is -0.800. The number of rotatable bonds is 4. The molecule has 0 aliphatic heterocycles. The predicted molar refractivity (Wildman–Crippen MR) is 67.7 cm³/mol. The fourth-order valence-corrected chi connectivity index (χ4v) is 5.65. The summed E-state index contributed by atoms with van der Waals surface area (Å²) in [6, 6.07) is 4.24. The first-order chi connectivity index (χ1) is 8.94. The summed E-state index contributed by atoms with van der Waals surface area (Å²) >= 11 is 5.54. The first kappa shape index (κ1) is 17.3. The van der Waals surface area contributed by atoms with Gasteiger partial charge < -0.3 is 0 Å². The van der Waals surface area contributed by atoms with Gasteiger partial charge in [0.2, 0.25) is 0 Å². The lowest BCUT2D eigenvalue weighted by molar-refractivity contribution is -0.0439. The topological polar surface area (TPSA) is 68.3 Å². The van der Waals surface area contributed by atoms with E-state index in [1.54, 1.807) is 0 Å².